The molecule has 1 fully saturated rings. The first-order chi connectivity index (χ1) is 14.8. The Balaban J connectivity index is 1.36. The zero-order valence-electron chi connectivity index (χ0n) is 17.2. The summed E-state index contributed by atoms with van der Waals surface area (Å²) in [5.74, 6) is 0.716. The molecule has 0 aromatic heterocycles. The molecule has 2 aromatic rings. The van der Waals surface area contributed by atoms with E-state index in [-0.39, 0.29) is 22.8 Å². The zero-order valence-corrected chi connectivity index (χ0v) is 18.8. The number of hydrogen-bond donors (Lipinski definition) is 1. The van der Waals surface area contributed by atoms with Crippen molar-refractivity contribution < 1.29 is 22.7 Å². The van der Waals surface area contributed by atoms with Gasteiger partial charge in [-0.25, -0.2) is 8.42 Å². The number of nitrogens with zero attached hydrogens (tertiary/aromatic N) is 1. The molecule has 2 aromatic carbocycles. The molecule has 0 radical (unpaired) electrons. The highest BCUT2D eigenvalue weighted by atomic mass is 35.5. The SMILES string of the molecule is C[C@H](NC(=O)C1CCN(S(=O)(=O)c2ccc3c(c2)OCCO3)CC1)c1ccc(Cl)cc1. The lowest BCUT2D eigenvalue weighted by atomic mass is 9.96. The highest BCUT2D eigenvalue weighted by Crippen LogP contribution is 2.34. The van der Waals surface area contributed by atoms with Gasteiger partial charge in [0.1, 0.15) is 13.2 Å². The largest absolute Gasteiger partial charge is 0.486 e. The third-order valence-corrected chi connectivity index (χ3v) is 7.85. The lowest BCUT2D eigenvalue weighted by molar-refractivity contribution is -0.126. The summed E-state index contributed by atoms with van der Waals surface area (Å²) in [6, 6.07) is 11.9. The molecule has 31 heavy (non-hydrogen) atoms. The Bertz CT molecular complexity index is 1050. The summed E-state index contributed by atoms with van der Waals surface area (Å²) in [4.78, 5) is 12.9. The van der Waals surface area contributed by atoms with Crippen LogP contribution in [0.1, 0.15) is 31.4 Å². The number of hydrogen-bond acceptors (Lipinski definition) is 5. The summed E-state index contributed by atoms with van der Waals surface area (Å²) in [5.41, 5.74) is 0.969. The normalized spacial score (nSPS) is 18.4. The lowest BCUT2D eigenvalue weighted by Gasteiger charge is -2.31. The maximum atomic E-state index is 13.1. The number of amides is 1. The van der Waals surface area contributed by atoms with Crippen LogP contribution in [0, 0.1) is 5.92 Å². The first kappa shape index (κ1) is 21.9. The summed E-state index contributed by atoms with van der Waals surface area (Å²) in [5, 5.41) is 3.67. The predicted octanol–water partition coefficient (Wildman–Crippen LogP) is 3.39. The monoisotopic (exact) mass is 464 g/mol. The first-order valence-electron chi connectivity index (χ1n) is 10.3. The Morgan fingerprint density at radius 1 is 1.06 bits per heavy atom. The molecule has 0 unspecified atom stereocenters. The minimum atomic E-state index is -3.66. The van der Waals surface area contributed by atoms with Crippen LogP contribution in [-0.2, 0) is 14.8 Å². The summed E-state index contributed by atoms with van der Waals surface area (Å²) in [7, 11) is -3.66. The zero-order chi connectivity index (χ0) is 22.0. The van der Waals surface area contributed by atoms with Gasteiger partial charge in [-0.3, -0.25) is 4.79 Å². The molecule has 0 bridgehead atoms. The van der Waals surface area contributed by atoms with Crippen LogP contribution < -0.4 is 14.8 Å². The molecule has 0 spiro atoms. The van der Waals surface area contributed by atoms with Gasteiger partial charge in [-0.1, -0.05) is 23.7 Å². The van der Waals surface area contributed by atoms with E-state index in [9.17, 15) is 13.2 Å². The molecule has 1 N–H and O–H groups in total. The van der Waals surface area contributed by atoms with Gasteiger partial charge in [0.05, 0.1) is 10.9 Å². The van der Waals surface area contributed by atoms with Gasteiger partial charge in [-0.15, -0.1) is 0 Å². The van der Waals surface area contributed by atoms with Crippen molar-refractivity contribution in [3.63, 3.8) is 0 Å². The second-order valence-corrected chi connectivity index (χ2v) is 10.1. The number of fused-ring (bicyclic) bond motifs is 1. The van der Waals surface area contributed by atoms with Crippen LogP contribution in [0.5, 0.6) is 11.5 Å². The molecule has 7 nitrogen and oxygen atoms in total. The molecule has 1 amide bonds. The molecule has 2 heterocycles. The third-order valence-electron chi connectivity index (χ3n) is 5.70. The van der Waals surface area contributed by atoms with Crippen molar-refractivity contribution in [3.8, 4) is 11.5 Å². The third kappa shape index (κ3) is 4.81. The number of carbonyl (C=O) groups excluding carboxylic acids is 1. The number of benzene rings is 2. The van der Waals surface area contributed by atoms with Gasteiger partial charge in [0.15, 0.2) is 11.5 Å². The Labute approximate surface area is 187 Å². The number of sulfonamides is 1. The van der Waals surface area contributed by atoms with E-state index in [1.165, 1.54) is 16.4 Å². The molecule has 2 aliphatic heterocycles. The summed E-state index contributed by atoms with van der Waals surface area (Å²) < 4.78 is 38.5. The van der Waals surface area contributed by atoms with Crippen molar-refractivity contribution in [1.29, 1.82) is 0 Å². The smallest absolute Gasteiger partial charge is 0.243 e. The van der Waals surface area contributed by atoms with Crippen LogP contribution in [0.2, 0.25) is 5.02 Å². The van der Waals surface area contributed by atoms with E-state index in [2.05, 4.69) is 5.32 Å². The fraction of sp³-hybridized carbons (Fsp3) is 0.409. The minimum absolute atomic E-state index is 0.0566. The molecular formula is C22H25ClN2O5S. The van der Waals surface area contributed by atoms with Gasteiger partial charge in [0.2, 0.25) is 15.9 Å². The van der Waals surface area contributed by atoms with Crippen molar-refractivity contribution in [1.82, 2.24) is 9.62 Å². The maximum absolute atomic E-state index is 13.1. The quantitative estimate of drug-likeness (QED) is 0.733. The van der Waals surface area contributed by atoms with Crippen LogP contribution in [-0.4, -0.2) is 44.9 Å². The maximum Gasteiger partial charge on any atom is 0.243 e. The topological polar surface area (TPSA) is 84.9 Å². The molecule has 2 aliphatic rings. The van der Waals surface area contributed by atoms with Crippen LogP contribution in [0.25, 0.3) is 0 Å². The number of halogens is 1. The number of piperidine rings is 1. The van der Waals surface area contributed by atoms with E-state index in [1.54, 1.807) is 18.2 Å². The Hall–Kier alpha value is -2.29. The van der Waals surface area contributed by atoms with E-state index in [1.807, 2.05) is 19.1 Å². The van der Waals surface area contributed by atoms with Gasteiger partial charge in [-0.05, 0) is 49.6 Å². The lowest BCUT2D eigenvalue weighted by Crippen LogP contribution is -2.43. The van der Waals surface area contributed by atoms with Gasteiger partial charge in [0, 0.05) is 30.1 Å². The van der Waals surface area contributed by atoms with Gasteiger partial charge >= 0.3 is 0 Å². The molecule has 1 saturated heterocycles. The predicted molar refractivity (Wildman–Crippen MR) is 117 cm³/mol. The first-order valence-corrected chi connectivity index (χ1v) is 12.1. The van der Waals surface area contributed by atoms with Crippen LogP contribution in [0.15, 0.2) is 47.4 Å². The van der Waals surface area contributed by atoms with E-state index in [0.29, 0.717) is 55.7 Å². The molecular weight excluding hydrogens is 440 g/mol. The van der Waals surface area contributed by atoms with E-state index >= 15 is 0 Å². The highest BCUT2D eigenvalue weighted by molar-refractivity contribution is 7.89. The van der Waals surface area contributed by atoms with Crippen molar-refractivity contribution in [2.75, 3.05) is 26.3 Å². The molecule has 1 atom stereocenters. The summed E-state index contributed by atoms with van der Waals surface area (Å²) >= 11 is 5.92. The molecule has 9 heteroatoms. The van der Waals surface area contributed by atoms with Crippen LogP contribution >= 0.6 is 11.6 Å². The van der Waals surface area contributed by atoms with Crippen molar-refractivity contribution in [2.45, 2.75) is 30.7 Å². The van der Waals surface area contributed by atoms with Crippen LogP contribution in [0.3, 0.4) is 0 Å². The van der Waals surface area contributed by atoms with Crippen molar-refractivity contribution in [3.05, 3.63) is 53.1 Å². The highest BCUT2D eigenvalue weighted by Gasteiger charge is 2.33. The molecule has 4 rings (SSSR count). The molecule has 0 saturated carbocycles. The number of nitrogens with one attached hydrogen (secondary N) is 1. The van der Waals surface area contributed by atoms with Gasteiger partial charge in [-0.2, -0.15) is 4.31 Å². The van der Waals surface area contributed by atoms with E-state index in [0.717, 1.165) is 5.56 Å². The Morgan fingerprint density at radius 3 is 2.39 bits per heavy atom. The molecule has 0 aliphatic carbocycles. The summed E-state index contributed by atoms with van der Waals surface area (Å²) in [6.45, 7) is 3.35. The second-order valence-electron chi connectivity index (χ2n) is 7.77. The van der Waals surface area contributed by atoms with Gasteiger partial charge in [0.25, 0.3) is 0 Å². The number of ether oxygens (including phenoxy) is 2. The fourth-order valence-corrected chi connectivity index (χ4v) is 5.47. The summed E-state index contributed by atoms with van der Waals surface area (Å²) in [6.07, 6.45) is 0.950. The van der Waals surface area contributed by atoms with E-state index < -0.39 is 10.0 Å². The molecule has 166 valence electrons. The fourth-order valence-electron chi connectivity index (χ4n) is 3.86. The van der Waals surface area contributed by atoms with Gasteiger partial charge < -0.3 is 14.8 Å². The standard InChI is InChI=1S/C22H25ClN2O5S/c1-15(16-2-4-18(23)5-3-16)24-22(26)17-8-10-25(11-9-17)31(27,28)19-6-7-20-21(14-19)30-13-12-29-20/h2-7,14-15,17H,8-13H2,1H3,(H,24,26)/t15-/m0/s1. The average Bonchev–Trinajstić information content (AvgIpc) is 2.79. The Kier molecular flexibility index (Phi) is 6.41. The average molecular weight is 465 g/mol. The van der Waals surface area contributed by atoms with Crippen molar-refractivity contribution in [2.24, 2.45) is 5.92 Å². The Morgan fingerprint density at radius 2 is 1.71 bits per heavy atom. The second kappa shape index (κ2) is 9.06. The van der Waals surface area contributed by atoms with E-state index in [4.69, 9.17) is 21.1 Å². The number of carbonyl (C=O) groups is 1. The van der Waals surface area contributed by atoms with Crippen LogP contribution in [0.4, 0.5) is 0 Å². The minimum Gasteiger partial charge on any atom is -0.486 e. The number of rotatable bonds is 5. The van der Waals surface area contributed by atoms with Crippen molar-refractivity contribution >= 4 is 27.5 Å².